The predicted molar refractivity (Wildman–Crippen MR) is 111 cm³/mol. The van der Waals surface area contributed by atoms with Gasteiger partial charge in [-0.3, -0.25) is 9.59 Å². The van der Waals surface area contributed by atoms with Gasteiger partial charge in [-0.1, -0.05) is 30.3 Å². The molecule has 156 valence electrons. The van der Waals surface area contributed by atoms with E-state index in [4.69, 9.17) is 19.3 Å². The zero-order chi connectivity index (χ0) is 22.1. The first-order valence-electron chi connectivity index (χ1n) is 8.88. The second kappa shape index (κ2) is 10.5. The lowest BCUT2D eigenvalue weighted by molar-refractivity contribution is -0.131. The lowest BCUT2D eigenvalue weighted by Gasteiger charge is -2.11. The fourth-order valence-corrected chi connectivity index (χ4v) is 2.50. The summed E-state index contributed by atoms with van der Waals surface area (Å²) < 4.78 is 14.9. The van der Waals surface area contributed by atoms with Gasteiger partial charge in [-0.25, -0.2) is 0 Å². The molecule has 0 atom stereocenters. The first-order chi connectivity index (χ1) is 14.3. The highest BCUT2D eigenvalue weighted by atomic mass is 16.5. The van der Waals surface area contributed by atoms with Crippen molar-refractivity contribution < 1.29 is 34.0 Å². The Balaban J connectivity index is 0.000000248. The van der Waals surface area contributed by atoms with Gasteiger partial charge in [0.25, 0.3) is 0 Å². The van der Waals surface area contributed by atoms with E-state index in [1.165, 1.54) is 51.5 Å². The lowest BCUT2D eigenvalue weighted by atomic mass is 10.0. The van der Waals surface area contributed by atoms with Crippen LogP contribution in [0.4, 0.5) is 0 Å². The molecule has 0 unspecified atom stereocenters. The minimum absolute atomic E-state index is 0.134. The molecule has 0 bridgehead atoms. The number of hydrogen-bond acceptors (Lipinski definition) is 7. The first-order valence-corrected chi connectivity index (χ1v) is 8.88. The first kappa shape index (κ1) is 22.3. The second-order valence-electron chi connectivity index (χ2n) is 6.01. The smallest absolute Gasteiger partial charge is 0.308 e. The van der Waals surface area contributed by atoms with Crippen LogP contribution in [0.15, 0.2) is 66.7 Å². The Bertz CT molecular complexity index is 996. The highest BCUT2D eigenvalue weighted by Gasteiger charge is 2.20. The van der Waals surface area contributed by atoms with Gasteiger partial charge in [0.1, 0.15) is 34.3 Å². The van der Waals surface area contributed by atoms with Crippen molar-refractivity contribution in [3.05, 3.63) is 77.9 Å². The Hall–Kier alpha value is -4.00. The van der Waals surface area contributed by atoms with E-state index in [-0.39, 0.29) is 34.6 Å². The Morgan fingerprint density at radius 2 is 1.43 bits per heavy atom. The Morgan fingerprint density at radius 3 is 1.97 bits per heavy atom. The zero-order valence-electron chi connectivity index (χ0n) is 16.8. The van der Waals surface area contributed by atoms with Gasteiger partial charge in [0.2, 0.25) is 5.78 Å². The molecular formula is C23H22O7. The standard InChI is InChI=1S/C15H14O4.C8H8O3/c1-18-11-8-12(16)14(13(9-11)19-2)15(17)10-6-4-3-5-7-10;1-6(9)11-8-4-2-7(10)3-5-8/h3-9,16H,1-2H3;2-5,10H,1H3. The van der Waals surface area contributed by atoms with Crippen molar-refractivity contribution in [2.75, 3.05) is 14.2 Å². The van der Waals surface area contributed by atoms with Crippen LogP contribution >= 0.6 is 0 Å². The molecule has 30 heavy (non-hydrogen) atoms. The summed E-state index contributed by atoms with van der Waals surface area (Å²) in [5.41, 5.74) is 0.621. The molecule has 3 rings (SSSR count). The van der Waals surface area contributed by atoms with Crippen LogP contribution in [0.2, 0.25) is 0 Å². The number of rotatable bonds is 5. The lowest BCUT2D eigenvalue weighted by Crippen LogP contribution is -2.04. The van der Waals surface area contributed by atoms with Gasteiger partial charge in [0, 0.05) is 24.6 Å². The molecule has 0 aliphatic carbocycles. The highest BCUT2D eigenvalue weighted by molar-refractivity contribution is 6.12. The van der Waals surface area contributed by atoms with E-state index < -0.39 is 0 Å². The van der Waals surface area contributed by atoms with Crippen molar-refractivity contribution in [3.8, 4) is 28.7 Å². The maximum Gasteiger partial charge on any atom is 0.308 e. The summed E-state index contributed by atoms with van der Waals surface area (Å²) in [5, 5.41) is 18.8. The van der Waals surface area contributed by atoms with Crippen LogP contribution in [0.5, 0.6) is 28.7 Å². The van der Waals surface area contributed by atoms with E-state index in [0.717, 1.165) is 0 Å². The average molecular weight is 410 g/mol. The van der Waals surface area contributed by atoms with E-state index in [1.807, 2.05) is 6.07 Å². The third-order valence-electron chi connectivity index (χ3n) is 3.87. The number of carbonyl (C=O) groups excluding carboxylic acids is 2. The van der Waals surface area contributed by atoms with Gasteiger partial charge in [0.05, 0.1) is 14.2 Å². The summed E-state index contributed by atoms with van der Waals surface area (Å²) in [6.07, 6.45) is 0. The number of phenols is 2. The van der Waals surface area contributed by atoms with Crippen LogP contribution in [-0.4, -0.2) is 36.2 Å². The number of ether oxygens (including phenoxy) is 3. The average Bonchev–Trinajstić information content (AvgIpc) is 2.75. The summed E-state index contributed by atoms with van der Waals surface area (Å²) in [4.78, 5) is 22.8. The van der Waals surface area contributed by atoms with Gasteiger partial charge < -0.3 is 24.4 Å². The van der Waals surface area contributed by atoms with Crippen molar-refractivity contribution in [3.63, 3.8) is 0 Å². The minimum atomic E-state index is -0.365. The number of phenolic OH excluding ortho intramolecular Hbond substituents is 2. The predicted octanol–water partition coefficient (Wildman–Crippen LogP) is 3.96. The van der Waals surface area contributed by atoms with Crippen LogP contribution in [-0.2, 0) is 4.79 Å². The SMILES string of the molecule is CC(=O)Oc1ccc(O)cc1.COc1cc(O)c(C(=O)c2ccccc2)c(OC)c1. The van der Waals surface area contributed by atoms with E-state index in [2.05, 4.69) is 0 Å². The molecule has 0 aliphatic heterocycles. The number of esters is 1. The number of methoxy groups -OCH3 is 2. The topological polar surface area (TPSA) is 102 Å². The molecule has 0 fully saturated rings. The fourth-order valence-electron chi connectivity index (χ4n) is 2.50. The van der Waals surface area contributed by atoms with E-state index in [9.17, 15) is 14.7 Å². The molecule has 3 aromatic carbocycles. The summed E-state index contributed by atoms with van der Waals surface area (Å²) in [5.74, 6) is 0.485. The fraction of sp³-hybridized carbons (Fsp3) is 0.130. The molecule has 0 aliphatic rings. The highest BCUT2D eigenvalue weighted by Crippen LogP contribution is 2.34. The molecule has 0 saturated carbocycles. The summed E-state index contributed by atoms with van der Waals surface area (Å²) in [6, 6.07) is 17.6. The van der Waals surface area contributed by atoms with Crippen LogP contribution in [0, 0.1) is 0 Å². The molecule has 0 spiro atoms. The normalized spacial score (nSPS) is 9.70. The van der Waals surface area contributed by atoms with Crippen molar-refractivity contribution in [2.24, 2.45) is 0 Å². The maximum atomic E-state index is 12.4. The zero-order valence-corrected chi connectivity index (χ0v) is 16.8. The summed E-state index contributed by atoms with van der Waals surface area (Å²) in [7, 11) is 2.92. The largest absolute Gasteiger partial charge is 0.508 e. The molecule has 0 radical (unpaired) electrons. The third kappa shape index (κ3) is 6.00. The van der Waals surface area contributed by atoms with Gasteiger partial charge >= 0.3 is 5.97 Å². The summed E-state index contributed by atoms with van der Waals surface area (Å²) in [6.45, 7) is 1.33. The van der Waals surface area contributed by atoms with Crippen molar-refractivity contribution in [1.82, 2.24) is 0 Å². The van der Waals surface area contributed by atoms with Gasteiger partial charge in [0.15, 0.2) is 0 Å². The van der Waals surface area contributed by atoms with Crippen LogP contribution in [0.25, 0.3) is 0 Å². The second-order valence-corrected chi connectivity index (χ2v) is 6.01. The van der Waals surface area contributed by atoms with E-state index in [1.54, 1.807) is 30.3 Å². The van der Waals surface area contributed by atoms with Crippen LogP contribution in [0.3, 0.4) is 0 Å². The Kier molecular flexibility index (Phi) is 7.82. The number of ketones is 1. The van der Waals surface area contributed by atoms with Crippen LogP contribution < -0.4 is 14.2 Å². The van der Waals surface area contributed by atoms with Crippen LogP contribution in [0.1, 0.15) is 22.8 Å². The molecule has 3 aromatic rings. The van der Waals surface area contributed by atoms with Gasteiger partial charge in [-0.15, -0.1) is 0 Å². The maximum absolute atomic E-state index is 12.4. The number of hydrogen-bond donors (Lipinski definition) is 2. The minimum Gasteiger partial charge on any atom is -0.508 e. The molecule has 0 heterocycles. The Labute approximate surface area is 174 Å². The molecule has 0 amide bonds. The molecule has 7 nitrogen and oxygen atoms in total. The van der Waals surface area contributed by atoms with Crippen molar-refractivity contribution in [1.29, 1.82) is 0 Å². The molecule has 7 heteroatoms. The van der Waals surface area contributed by atoms with Crippen molar-refractivity contribution in [2.45, 2.75) is 6.92 Å². The third-order valence-corrected chi connectivity index (χ3v) is 3.87. The Morgan fingerprint density at radius 1 is 0.800 bits per heavy atom. The van der Waals surface area contributed by atoms with Gasteiger partial charge in [-0.05, 0) is 24.3 Å². The number of aromatic hydroxyl groups is 2. The van der Waals surface area contributed by atoms with E-state index in [0.29, 0.717) is 17.1 Å². The monoisotopic (exact) mass is 410 g/mol. The molecule has 0 aromatic heterocycles. The number of benzene rings is 3. The van der Waals surface area contributed by atoms with Gasteiger partial charge in [-0.2, -0.15) is 0 Å². The molecule has 2 N–H and O–H groups in total. The van der Waals surface area contributed by atoms with Crippen molar-refractivity contribution >= 4 is 11.8 Å². The molecular weight excluding hydrogens is 388 g/mol. The quantitative estimate of drug-likeness (QED) is 0.373. The molecule has 0 saturated heterocycles. The van der Waals surface area contributed by atoms with E-state index >= 15 is 0 Å². The summed E-state index contributed by atoms with van der Waals surface area (Å²) >= 11 is 0. The number of carbonyl (C=O) groups is 2.